The normalized spacial score (nSPS) is 10.9. The second-order valence-corrected chi connectivity index (χ2v) is 4.96. The molecule has 6 heteroatoms. The topological polar surface area (TPSA) is 105 Å². The number of fused-ring (bicyclic) bond motifs is 1. The maximum absolute atomic E-state index is 11.8. The second kappa shape index (κ2) is 4.90. The Kier molecular flexibility index (Phi) is 3.06. The lowest BCUT2D eigenvalue weighted by Gasteiger charge is -2.11. The number of nitrogen functional groups attached to an aromatic ring is 1. The highest BCUT2D eigenvalue weighted by atomic mass is 16.2. The summed E-state index contributed by atoms with van der Waals surface area (Å²) in [6, 6.07) is 3.84. The summed E-state index contributed by atoms with van der Waals surface area (Å²) < 4.78 is 0. The molecule has 106 valence electrons. The summed E-state index contributed by atoms with van der Waals surface area (Å²) in [6.07, 6.45) is 5.27. The van der Waals surface area contributed by atoms with E-state index >= 15 is 0 Å². The largest absolute Gasteiger partial charge is 0.398 e. The van der Waals surface area contributed by atoms with Crippen LogP contribution in [0.15, 0.2) is 40.3 Å². The van der Waals surface area contributed by atoms with E-state index in [1.54, 1.807) is 12.4 Å². The lowest BCUT2D eigenvalue weighted by Crippen LogP contribution is -2.24. The summed E-state index contributed by atoms with van der Waals surface area (Å²) in [7, 11) is 0. The molecule has 0 radical (unpaired) electrons. The Hall–Kier alpha value is -2.89. The van der Waals surface area contributed by atoms with Crippen molar-refractivity contribution in [3.05, 3.63) is 68.3 Å². The van der Waals surface area contributed by atoms with Gasteiger partial charge in [-0.1, -0.05) is 6.07 Å². The van der Waals surface area contributed by atoms with Crippen LogP contribution >= 0.6 is 0 Å². The summed E-state index contributed by atoms with van der Waals surface area (Å²) in [5, 5.41) is 1.83. The maximum Gasteiger partial charge on any atom is 0.325 e. The van der Waals surface area contributed by atoms with Gasteiger partial charge in [0.15, 0.2) is 0 Å². The van der Waals surface area contributed by atoms with Crippen molar-refractivity contribution >= 4 is 16.5 Å². The van der Waals surface area contributed by atoms with E-state index in [4.69, 9.17) is 5.73 Å². The summed E-state index contributed by atoms with van der Waals surface area (Å²) in [5.74, 6) is 0. The monoisotopic (exact) mass is 282 g/mol. The number of H-pyrrole nitrogens is 2. The van der Waals surface area contributed by atoms with Crippen LogP contribution in [0.3, 0.4) is 0 Å². The number of nitrogens with one attached hydrogen (secondary N) is 2. The van der Waals surface area contributed by atoms with Crippen molar-refractivity contribution in [3.63, 3.8) is 0 Å². The number of aromatic nitrogens is 3. The van der Waals surface area contributed by atoms with Gasteiger partial charge in [-0.05, 0) is 29.5 Å². The zero-order valence-corrected chi connectivity index (χ0v) is 11.4. The number of nitrogens with two attached hydrogens (primary N) is 1. The Balaban J connectivity index is 2.19. The zero-order valence-electron chi connectivity index (χ0n) is 11.4. The van der Waals surface area contributed by atoms with E-state index in [2.05, 4.69) is 15.0 Å². The first-order valence-corrected chi connectivity index (χ1v) is 6.49. The SMILES string of the molecule is Cc1cc(Cc2c[nH]c(=O)[nH]c2=O)c2ccncc2c1N. The van der Waals surface area contributed by atoms with Crippen molar-refractivity contribution in [1.29, 1.82) is 0 Å². The summed E-state index contributed by atoms with van der Waals surface area (Å²) >= 11 is 0. The van der Waals surface area contributed by atoms with Gasteiger partial charge >= 0.3 is 5.69 Å². The molecule has 1 aromatic carbocycles. The van der Waals surface area contributed by atoms with E-state index in [1.807, 2.05) is 19.1 Å². The van der Waals surface area contributed by atoms with Crippen LogP contribution in [0.2, 0.25) is 0 Å². The quantitative estimate of drug-likeness (QED) is 0.612. The molecule has 4 N–H and O–H groups in total. The summed E-state index contributed by atoms with van der Waals surface area (Å²) in [4.78, 5) is 31.7. The molecule has 0 aliphatic rings. The third-order valence-corrected chi connectivity index (χ3v) is 3.55. The summed E-state index contributed by atoms with van der Waals surface area (Å²) in [6.45, 7) is 1.92. The molecule has 0 fully saturated rings. The third-order valence-electron chi connectivity index (χ3n) is 3.55. The molecule has 2 heterocycles. The van der Waals surface area contributed by atoms with E-state index in [0.29, 0.717) is 17.7 Å². The van der Waals surface area contributed by atoms with Crippen LogP contribution in [0, 0.1) is 6.92 Å². The first-order chi connectivity index (χ1) is 10.1. The Morgan fingerprint density at radius 2 is 2.05 bits per heavy atom. The number of benzene rings is 1. The van der Waals surface area contributed by atoms with Crippen LogP contribution in [0.5, 0.6) is 0 Å². The lowest BCUT2D eigenvalue weighted by atomic mass is 9.97. The lowest BCUT2D eigenvalue weighted by molar-refractivity contribution is 0.977. The van der Waals surface area contributed by atoms with Crippen LogP contribution in [0.4, 0.5) is 5.69 Å². The van der Waals surface area contributed by atoms with Gasteiger partial charge in [0.25, 0.3) is 5.56 Å². The molecule has 0 bridgehead atoms. The molecule has 3 rings (SSSR count). The Morgan fingerprint density at radius 1 is 1.24 bits per heavy atom. The van der Waals surface area contributed by atoms with E-state index < -0.39 is 5.69 Å². The Morgan fingerprint density at radius 3 is 2.81 bits per heavy atom. The minimum Gasteiger partial charge on any atom is -0.398 e. The number of aromatic amines is 2. The standard InChI is InChI=1S/C15H14N4O2/c1-8-4-9(5-10-6-18-15(21)19-14(10)20)11-2-3-17-7-12(11)13(8)16/h2-4,6-7H,5,16H2,1H3,(H2,18,19,20,21). The van der Waals surface area contributed by atoms with Crippen molar-refractivity contribution in [2.24, 2.45) is 0 Å². The minimum absolute atomic E-state index is 0.379. The maximum atomic E-state index is 11.8. The first kappa shape index (κ1) is 13.1. The van der Waals surface area contributed by atoms with Crippen molar-refractivity contribution < 1.29 is 0 Å². The molecular formula is C15H14N4O2. The fourth-order valence-electron chi connectivity index (χ4n) is 2.44. The smallest absolute Gasteiger partial charge is 0.325 e. The van der Waals surface area contributed by atoms with E-state index in [9.17, 15) is 9.59 Å². The fourth-order valence-corrected chi connectivity index (χ4v) is 2.44. The second-order valence-electron chi connectivity index (χ2n) is 4.96. The van der Waals surface area contributed by atoms with Crippen molar-refractivity contribution in [2.45, 2.75) is 13.3 Å². The van der Waals surface area contributed by atoms with Gasteiger partial charge in [0, 0.05) is 41.6 Å². The molecular weight excluding hydrogens is 268 g/mol. The average Bonchev–Trinajstić information content (AvgIpc) is 2.47. The van der Waals surface area contributed by atoms with Crippen molar-refractivity contribution in [3.8, 4) is 0 Å². The van der Waals surface area contributed by atoms with E-state index in [-0.39, 0.29) is 5.56 Å². The number of nitrogens with zero attached hydrogens (tertiary/aromatic N) is 1. The molecule has 0 spiro atoms. The van der Waals surface area contributed by atoms with Crippen LogP contribution in [-0.2, 0) is 6.42 Å². The molecule has 3 aromatic rings. The van der Waals surface area contributed by atoms with Crippen LogP contribution in [0.25, 0.3) is 10.8 Å². The number of anilines is 1. The van der Waals surface area contributed by atoms with Gasteiger partial charge in [0.1, 0.15) is 0 Å². The predicted octanol–water partition coefficient (Wildman–Crippen LogP) is 1.09. The zero-order chi connectivity index (χ0) is 15.0. The minimum atomic E-state index is -0.508. The molecule has 0 saturated carbocycles. The molecule has 0 aliphatic carbocycles. The Bertz CT molecular complexity index is 940. The van der Waals surface area contributed by atoms with Crippen molar-refractivity contribution in [1.82, 2.24) is 15.0 Å². The van der Waals surface area contributed by atoms with Gasteiger partial charge in [0.2, 0.25) is 0 Å². The average molecular weight is 282 g/mol. The van der Waals surface area contributed by atoms with Crippen LogP contribution < -0.4 is 17.0 Å². The van der Waals surface area contributed by atoms with Gasteiger partial charge < -0.3 is 10.7 Å². The van der Waals surface area contributed by atoms with E-state index in [0.717, 1.165) is 21.9 Å². The van der Waals surface area contributed by atoms with Crippen LogP contribution in [0.1, 0.15) is 16.7 Å². The Labute approximate surface area is 119 Å². The van der Waals surface area contributed by atoms with Crippen LogP contribution in [-0.4, -0.2) is 15.0 Å². The molecule has 0 unspecified atom stereocenters. The summed E-state index contributed by atoms with van der Waals surface area (Å²) in [5.41, 5.74) is 8.28. The number of aryl methyl sites for hydroxylation is 1. The first-order valence-electron chi connectivity index (χ1n) is 6.49. The molecule has 0 saturated heterocycles. The molecule has 0 aliphatic heterocycles. The van der Waals surface area contributed by atoms with Gasteiger partial charge in [-0.2, -0.15) is 0 Å². The predicted molar refractivity (Wildman–Crippen MR) is 81.4 cm³/mol. The molecule has 0 amide bonds. The fraction of sp³-hybridized carbons (Fsp3) is 0.133. The highest BCUT2D eigenvalue weighted by Crippen LogP contribution is 2.28. The molecule has 2 aromatic heterocycles. The van der Waals surface area contributed by atoms with Gasteiger partial charge in [-0.25, -0.2) is 4.79 Å². The van der Waals surface area contributed by atoms with Gasteiger partial charge in [-0.15, -0.1) is 0 Å². The highest BCUT2D eigenvalue weighted by Gasteiger charge is 2.10. The van der Waals surface area contributed by atoms with Crippen molar-refractivity contribution in [2.75, 3.05) is 5.73 Å². The molecule has 21 heavy (non-hydrogen) atoms. The number of pyridine rings is 1. The molecule has 0 atom stereocenters. The van der Waals surface area contributed by atoms with Gasteiger partial charge in [0.05, 0.1) is 0 Å². The number of hydrogen-bond donors (Lipinski definition) is 3. The molecule has 6 nitrogen and oxygen atoms in total. The highest BCUT2D eigenvalue weighted by molar-refractivity contribution is 5.96. The van der Waals surface area contributed by atoms with E-state index in [1.165, 1.54) is 6.20 Å². The number of hydrogen-bond acceptors (Lipinski definition) is 4. The number of rotatable bonds is 2. The van der Waals surface area contributed by atoms with Gasteiger partial charge in [-0.3, -0.25) is 14.8 Å². The third kappa shape index (κ3) is 2.31.